The van der Waals surface area contributed by atoms with Crippen molar-refractivity contribution in [3.8, 4) is 0 Å². The second kappa shape index (κ2) is 5.10. The van der Waals surface area contributed by atoms with E-state index in [-0.39, 0.29) is 19.4 Å². The minimum atomic E-state index is -5.67. The van der Waals surface area contributed by atoms with Crippen LogP contribution in [0.15, 0.2) is 0 Å². The predicted octanol–water partition coefficient (Wildman–Crippen LogP) is 2.86. The highest BCUT2D eigenvalue weighted by atomic mass is 19.4. The molecule has 0 saturated heterocycles. The van der Waals surface area contributed by atoms with E-state index in [1.54, 1.807) is 0 Å². The van der Waals surface area contributed by atoms with Crippen LogP contribution < -0.4 is 0 Å². The lowest BCUT2D eigenvalue weighted by atomic mass is 10.3. The van der Waals surface area contributed by atoms with Crippen molar-refractivity contribution in [3.05, 3.63) is 11.4 Å². The lowest BCUT2D eigenvalue weighted by Crippen LogP contribution is -2.39. The van der Waals surface area contributed by atoms with Gasteiger partial charge in [0.05, 0.1) is 6.61 Å². The van der Waals surface area contributed by atoms with Gasteiger partial charge in [0.2, 0.25) is 6.54 Å². The first-order valence-electron chi connectivity index (χ1n) is 3.73. The van der Waals surface area contributed by atoms with Crippen molar-refractivity contribution in [1.29, 1.82) is 0 Å². The molecule has 0 bridgehead atoms. The molecule has 0 rings (SSSR count). The molecule has 7 heteroatoms. The van der Waals surface area contributed by atoms with Gasteiger partial charge in [-0.3, -0.25) is 0 Å². The van der Waals surface area contributed by atoms with Gasteiger partial charge in [0.15, 0.2) is 0 Å². The summed E-state index contributed by atoms with van der Waals surface area (Å²) in [7, 11) is 0. The Morgan fingerprint density at radius 1 is 1.07 bits per heavy atom. The Labute approximate surface area is 77.5 Å². The number of alkyl halides is 5. The Bertz CT molecular complexity index is 207. The van der Waals surface area contributed by atoms with Crippen molar-refractivity contribution in [3.63, 3.8) is 0 Å². The Morgan fingerprint density at radius 2 is 1.64 bits per heavy atom. The molecule has 0 aromatic heterocycles. The van der Waals surface area contributed by atoms with Gasteiger partial charge < -0.3 is 9.58 Å². The molecule has 0 saturated carbocycles. The molecule has 0 aliphatic heterocycles. The summed E-state index contributed by atoms with van der Waals surface area (Å²) in [6.07, 6.45) is -10.5. The fourth-order valence-electron chi connectivity index (χ4n) is 0.575. The summed E-state index contributed by atoms with van der Waals surface area (Å²) in [5.74, 6) is 0. The molecular formula is C7H8F5NO. The third-order valence-electron chi connectivity index (χ3n) is 1.28. The highest BCUT2D eigenvalue weighted by Gasteiger charge is 2.59. The molecule has 0 radical (unpaired) electrons. The van der Waals surface area contributed by atoms with E-state index in [4.69, 9.17) is 6.57 Å². The summed E-state index contributed by atoms with van der Waals surface area (Å²) in [5, 5.41) is 0. The largest absolute Gasteiger partial charge is 0.482 e. The SMILES string of the molecule is [C-]#[N+]CCCCOC(F)(F)C(F)(F)F. The first kappa shape index (κ1) is 13.1. The lowest BCUT2D eigenvalue weighted by molar-refractivity contribution is -0.391. The molecule has 0 aliphatic rings. The standard InChI is InChI=1S/C7H8F5NO/c1-13-4-2-3-5-14-7(11,12)6(8,9)10/h2-5H2. The summed E-state index contributed by atoms with van der Waals surface area (Å²) in [5.41, 5.74) is 0. The van der Waals surface area contributed by atoms with Gasteiger partial charge in [-0.2, -0.15) is 22.0 Å². The zero-order valence-corrected chi connectivity index (χ0v) is 7.07. The zero-order chi connectivity index (χ0) is 11.2. The summed E-state index contributed by atoms with van der Waals surface area (Å²) in [6, 6.07) is 0. The van der Waals surface area contributed by atoms with E-state index in [0.717, 1.165) is 0 Å². The van der Waals surface area contributed by atoms with Crippen molar-refractivity contribution in [1.82, 2.24) is 0 Å². The average Bonchev–Trinajstić information content (AvgIpc) is 2.02. The highest BCUT2D eigenvalue weighted by Crippen LogP contribution is 2.36. The Morgan fingerprint density at radius 3 is 2.07 bits per heavy atom. The molecule has 0 spiro atoms. The molecule has 0 heterocycles. The number of rotatable bonds is 5. The van der Waals surface area contributed by atoms with Gasteiger partial charge in [0, 0.05) is 6.42 Å². The topological polar surface area (TPSA) is 13.6 Å². The number of ether oxygens (including phenoxy) is 1. The van der Waals surface area contributed by atoms with Gasteiger partial charge in [0.25, 0.3) is 0 Å². The van der Waals surface area contributed by atoms with Gasteiger partial charge in [-0.25, -0.2) is 6.57 Å². The van der Waals surface area contributed by atoms with Crippen molar-refractivity contribution in [2.24, 2.45) is 0 Å². The van der Waals surface area contributed by atoms with E-state index < -0.39 is 18.9 Å². The summed E-state index contributed by atoms with van der Waals surface area (Å²) in [4.78, 5) is 2.90. The molecule has 14 heavy (non-hydrogen) atoms. The third kappa shape index (κ3) is 4.37. The van der Waals surface area contributed by atoms with Crippen molar-refractivity contribution in [2.75, 3.05) is 13.2 Å². The Hall–Kier alpha value is -0.900. The minimum Gasteiger partial charge on any atom is -0.317 e. The molecule has 82 valence electrons. The maximum Gasteiger partial charge on any atom is 0.482 e. The molecule has 0 N–H and O–H groups in total. The van der Waals surface area contributed by atoms with E-state index in [2.05, 4.69) is 9.58 Å². The van der Waals surface area contributed by atoms with E-state index in [0.29, 0.717) is 0 Å². The van der Waals surface area contributed by atoms with Crippen LogP contribution in [0.2, 0.25) is 0 Å². The van der Waals surface area contributed by atoms with Gasteiger partial charge in [0.1, 0.15) is 0 Å². The molecule has 0 atom stereocenters. The fourth-order valence-corrected chi connectivity index (χ4v) is 0.575. The van der Waals surface area contributed by atoms with Crippen LogP contribution in [0.5, 0.6) is 0 Å². The number of unbranched alkanes of at least 4 members (excludes halogenated alkanes) is 1. The van der Waals surface area contributed by atoms with Crippen LogP contribution in [0.1, 0.15) is 12.8 Å². The Kier molecular flexibility index (Phi) is 4.77. The van der Waals surface area contributed by atoms with Crippen LogP contribution >= 0.6 is 0 Å². The smallest absolute Gasteiger partial charge is 0.317 e. The minimum absolute atomic E-state index is 0.00799. The van der Waals surface area contributed by atoms with E-state index >= 15 is 0 Å². The first-order valence-corrected chi connectivity index (χ1v) is 3.73. The van der Waals surface area contributed by atoms with Gasteiger partial charge in [-0.1, -0.05) is 0 Å². The number of halogens is 5. The second-order valence-corrected chi connectivity index (χ2v) is 2.45. The maximum absolute atomic E-state index is 12.0. The molecule has 0 fully saturated rings. The molecule has 2 nitrogen and oxygen atoms in total. The molecule has 0 aromatic rings. The maximum atomic E-state index is 12.0. The quantitative estimate of drug-likeness (QED) is 0.392. The first-order chi connectivity index (χ1) is 6.31. The van der Waals surface area contributed by atoms with Gasteiger partial charge in [-0.05, 0) is 6.42 Å². The number of nitrogens with zero attached hydrogens (tertiary/aromatic N) is 1. The van der Waals surface area contributed by atoms with Crippen LogP contribution in [0.4, 0.5) is 22.0 Å². The average molecular weight is 217 g/mol. The summed E-state index contributed by atoms with van der Waals surface area (Å²) in [6.45, 7) is 5.71. The lowest BCUT2D eigenvalue weighted by Gasteiger charge is -2.18. The van der Waals surface area contributed by atoms with Gasteiger partial charge >= 0.3 is 12.3 Å². The van der Waals surface area contributed by atoms with Crippen molar-refractivity contribution in [2.45, 2.75) is 25.1 Å². The summed E-state index contributed by atoms with van der Waals surface area (Å²) < 4.78 is 61.9. The van der Waals surface area contributed by atoms with Crippen molar-refractivity contribution >= 4 is 0 Å². The monoisotopic (exact) mass is 217 g/mol. The van der Waals surface area contributed by atoms with Gasteiger partial charge in [-0.15, -0.1) is 0 Å². The van der Waals surface area contributed by atoms with Crippen LogP contribution in [0.25, 0.3) is 4.85 Å². The van der Waals surface area contributed by atoms with Crippen LogP contribution in [-0.2, 0) is 4.74 Å². The summed E-state index contributed by atoms with van der Waals surface area (Å²) >= 11 is 0. The van der Waals surface area contributed by atoms with Crippen molar-refractivity contribution < 1.29 is 26.7 Å². The molecule has 0 aliphatic carbocycles. The van der Waals surface area contributed by atoms with E-state index in [1.165, 1.54) is 0 Å². The van der Waals surface area contributed by atoms with Crippen LogP contribution in [0, 0.1) is 6.57 Å². The molecule has 0 aromatic carbocycles. The van der Waals surface area contributed by atoms with E-state index in [9.17, 15) is 22.0 Å². The normalized spacial score (nSPS) is 12.6. The second-order valence-electron chi connectivity index (χ2n) is 2.45. The fraction of sp³-hybridized carbons (Fsp3) is 0.857. The predicted molar refractivity (Wildman–Crippen MR) is 37.7 cm³/mol. The number of hydrogen-bond donors (Lipinski definition) is 0. The zero-order valence-electron chi connectivity index (χ0n) is 7.07. The number of hydrogen-bond acceptors (Lipinski definition) is 1. The van der Waals surface area contributed by atoms with Crippen LogP contribution in [-0.4, -0.2) is 25.4 Å². The van der Waals surface area contributed by atoms with Crippen LogP contribution in [0.3, 0.4) is 0 Å². The Balaban J connectivity index is 3.73. The molecule has 0 unspecified atom stereocenters. The third-order valence-corrected chi connectivity index (χ3v) is 1.28. The molecule has 0 amide bonds. The van der Waals surface area contributed by atoms with E-state index in [1.807, 2.05) is 0 Å². The highest BCUT2D eigenvalue weighted by molar-refractivity contribution is 4.64. The molecular weight excluding hydrogens is 209 g/mol.